The highest BCUT2D eigenvalue weighted by molar-refractivity contribution is 5.77. The van der Waals surface area contributed by atoms with Crippen LogP contribution in [0.5, 0.6) is 0 Å². The summed E-state index contributed by atoms with van der Waals surface area (Å²) in [6.07, 6.45) is 4.28. The van der Waals surface area contributed by atoms with Crippen molar-refractivity contribution in [2.24, 2.45) is 17.8 Å². The molecule has 0 aromatic carbocycles. The number of rotatable bonds is 6. The number of nitrogens with zero attached hydrogens (tertiary/aromatic N) is 1. The van der Waals surface area contributed by atoms with Crippen LogP contribution in [-0.2, 0) is 4.79 Å². The van der Waals surface area contributed by atoms with Crippen LogP contribution < -0.4 is 0 Å². The van der Waals surface area contributed by atoms with E-state index in [1.54, 1.807) is 0 Å². The van der Waals surface area contributed by atoms with Gasteiger partial charge in [-0.05, 0) is 37.0 Å². The van der Waals surface area contributed by atoms with E-state index in [0.717, 1.165) is 43.7 Å². The molecule has 2 nitrogen and oxygen atoms in total. The Morgan fingerprint density at radius 1 is 1.19 bits per heavy atom. The molecule has 1 fully saturated rings. The lowest BCUT2D eigenvalue weighted by Gasteiger charge is -2.26. The van der Waals surface area contributed by atoms with E-state index in [2.05, 4.69) is 27.7 Å². The van der Waals surface area contributed by atoms with E-state index in [-0.39, 0.29) is 0 Å². The second-order valence-electron chi connectivity index (χ2n) is 5.78. The van der Waals surface area contributed by atoms with Gasteiger partial charge in [0.2, 0.25) is 5.91 Å². The van der Waals surface area contributed by atoms with Gasteiger partial charge in [0.25, 0.3) is 0 Å². The van der Waals surface area contributed by atoms with Crippen LogP contribution in [0.2, 0.25) is 0 Å². The Kier molecular flexibility index (Phi) is 5.30. The number of carbonyl (C=O) groups excluding carboxylic acids is 1. The lowest BCUT2D eigenvalue weighted by molar-refractivity contribution is -0.127. The molecule has 0 spiro atoms. The van der Waals surface area contributed by atoms with Gasteiger partial charge in [0.15, 0.2) is 0 Å². The molecular formula is C14H27NO. The van der Waals surface area contributed by atoms with Gasteiger partial charge in [-0.3, -0.25) is 4.79 Å². The molecule has 16 heavy (non-hydrogen) atoms. The van der Waals surface area contributed by atoms with E-state index < -0.39 is 0 Å². The third-order valence-electron chi connectivity index (χ3n) is 3.85. The molecule has 0 N–H and O–H groups in total. The Morgan fingerprint density at radius 2 is 1.81 bits per heavy atom. The Labute approximate surface area is 100 Å². The monoisotopic (exact) mass is 225 g/mol. The van der Waals surface area contributed by atoms with Gasteiger partial charge < -0.3 is 4.90 Å². The van der Waals surface area contributed by atoms with Crippen molar-refractivity contribution in [2.45, 2.75) is 53.4 Å². The maximum Gasteiger partial charge on any atom is 0.222 e. The third-order valence-corrected chi connectivity index (χ3v) is 3.85. The van der Waals surface area contributed by atoms with E-state index in [4.69, 9.17) is 0 Å². The number of amides is 1. The van der Waals surface area contributed by atoms with Crippen molar-refractivity contribution < 1.29 is 4.79 Å². The smallest absolute Gasteiger partial charge is 0.222 e. The first-order valence-electron chi connectivity index (χ1n) is 6.80. The van der Waals surface area contributed by atoms with Crippen molar-refractivity contribution >= 4 is 5.91 Å². The van der Waals surface area contributed by atoms with Crippen LogP contribution in [0, 0.1) is 17.8 Å². The molecule has 94 valence electrons. The summed E-state index contributed by atoms with van der Waals surface area (Å²) in [6.45, 7) is 11.2. The van der Waals surface area contributed by atoms with Crippen LogP contribution >= 0.6 is 0 Å². The first-order chi connectivity index (χ1) is 7.52. The Morgan fingerprint density at radius 3 is 2.25 bits per heavy atom. The summed E-state index contributed by atoms with van der Waals surface area (Å²) in [4.78, 5) is 13.5. The van der Waals surface area contributed by atoms with Gasteiger partial charge >= 0.3 is 0 Å². The summed E-state index contributed by atoms with van der Waals surface area (Å²) in [6, 6.07) is 0. The molecule has 0 aromatic rings. The molecular weight excluding hydrogens is 198 g/mol. The average Bonchev–Trinajstić information content (AvgIpc) is 2.57. The van der Waals surface area contributed by atoms with Crippen LogP contribution in [0.25, 0.3) is 0 Å². The Balaban J connectivity index is 2.25. The minimum atomic E-state index is 0.366. The molecule has 0 atom stereocenters. The predicted octanol–water partition coefficient (Wildman–Crippen LogP) is 3.32. The maximum absolute atomic E-state index is 11.4. The highest BCUT2D eigenvalue weighted by Gasteiger charge is 2.21. The molecule has 0 unspecified atom stereocenters. The zero-order chi connectivity index (χ0) is 12.1. The van der Waals surface area contributed by atoms with Crippen molar-refractivity contribution in [3.05, 3.63) is 0 Å². The summed E-state index contributed by atoms with van der Waals surface area (Å²) in [5, 5.41) is 0. The number of hydrogen-bond acceptors (Lipinski definition) is 1. The largest absolute Gasteiger partial charge is 0.343 e. The van der Waals surface area contributed by atoms with E-state index in [9.17, 15) is 4.79 Å². The summed E-state index contributed by atoms with van der Waals surface area (Å²) < 4.78 is 0. The molecule has 0 aromatic heterocycles. The zero-order valence-corrected chi connectivity index (χ0v) is 11.3. The van der Waals surface area contributed by atoms with Crippen molar-refractivity contribution in [1.29, 1.82) is 0 Å². The molecule has 1 heterocycles. The lowest BCUT2D eigenvalue weighted by Crippen LogP contribution is -2.26. The van der Waals surface area contributed by atoms with E-state index in [1.807, 2.05) is 4.90 Å². The highest BCUT2D eigenvalue weighted by atomic mass is 16.2. The summed E-state index contributed by atoms with van der Waals surface area (Å²) >= 11 is 0. The second kappa shape index (κ2) is 6.27. The van der Waals surface area contributed by atoms with Crippen LogP contribution in [0.15, 0.2) is 0 Å². The van der Waals surface area contributed by atoms with E-state index in [1.165, 1.54) is 12.8 Å². The number of carbonyl (C=O) groups is 1. The molecule has 1 amide bonds. The SMILES string of the molecule is CC(C)C(CCCN1CCCC1=O)C(C)C. The van der Waals surface area contributed by atoms with Crippen LogP contribution in [0.1, 0.15) is 53.4 Å². The second-order valence-corrected chi connectivity index (χ2v) is 5.78. The van der Waals surface area contributed by atoms with Gasteiger partial charge in [-0.15, -0.1) is 0 Å². The van der Waals surface area contributed by atoms with Gasteiger partial charge in [-0.25, -0.2) is 0 Å². The van der Waals surface area contributed by atoms with Crippen LogP contribution in [0.3, 0.4) is 0 Å². The first kappa shape index (κ1) is 13.5. The first-order valence-corrected chi connectivity index (χ1v) is 6.80. The summed E-state index contributed by atoms with van der Waals surface area (Å²) in [7, 11) is 0. The van der Waals surface area contributed by atoms with Crippen molar-refractivity contribution in [1.82, 2.24) is 4.90 Å². The topological polar surface area (TPSA) is 20.3 Å². The molecule has 1 rings (SSSR count). The normalized spacial score (nSPS) is 17.2. The summed E-state index contributed by atoms with van der Waals surface area (Å²) in [5.74, 6) is 2.69. The quantitative estimate of drug-likeness (QED) is 0.679. The predicted molar refractivity (Wildman–Crippen MR) is 68.2 cm³/mol. The molecule has 1 saturated heterocycles. The van der Waals surface area contributed by atoms with Gasteiger partial charge in [0, 0.05) is 19.5 Å². The molecule has 0 bridgehead atoms. The number of likely N-dealkylation sites (tertiary alicyclic amines) is 1. The van der Waals surface area contributed by atoms with E-state index in [0.29, 0.717) is 5.91 Å². The van der Waals surface area contributed by atoms with Gasteiger partial charge in [-0.1, -0.05) is 27.7 Å². The minimum absolute atomic E-state index is 0.366. The molecule has 1 aliphatic heterocycles. The highest BCUT2D eigenvalue weighted by Crippen LogP contribution is 2.25. The zero-order valence-electron chi connectivity index (χ0n) is 11.3. The third kappa shape index (κ3) is 3.80. The molecule has 0 radical (unpaired) electrons. The lowest BCUT2D eigenvalue weighted by atomic mass is 9.82. The fraction of sp³-hybridized carbons (Fsp3) is 0.929. The van der Waals surface area contributed by atoms with Crippen LogP contribution in [0.4, 0.5) is 0 Å². The fourth-order valence-electron chi connectivity index (χ4n) is 2.89. The summed E-state index contributed by atoms with van der Waals surface area (Å²) in [5.41, 5.74) is 0. The Bertz CT molecular complexity index is 215. The van der Waals surface area contributed by atoms with Crippen molar-refractivity contribution in [3.8, 4) is 0 Å². The molecule has 1 aliphatic rings. The van der Waals surface area contributed by atoms with Crippen LogP contribution in [-0.4, -0.2) is 23.9 Å². The van der Waals surface area contributed by atoms with Gasteiger partial charge in [0.1, 0.15) is 0 Å². The van der Waals surface area contributed by atoms with Gasteiger partial charge in [-0.2, -0.15) is 0 Å². The molecule has 0 aliphatic carbocycles. The maximum atomic E-state index is 11.4. The number of hydrogen-bond donors (Lipinski definition) is 0. The van der Waals surface area contributed by atoms with Crippen molar-refractivity contribution in [3.63, 3.8) is 0 Å². The van der Waals surface area contributed by atoms with E-state index >= 15 is 0 Å². The van der Waals surface area contributed by atoms with Gasteiger partial charge in [0.05, 0.1) is 0 Å². The fourth-order valence-corrected chi connectivity index (χ4v) is 2.89. The minimum Gasteiger partial charge on any atom is -0.343 e. The standard InChI is InChI=1S/C14H27NO/c1-11(2)13(12(3)4)7-5-9-15-10-6-8-14(15)16/h11-13H,5-10H2,1-4H3. The Hall–Kier alpha value is -0.530. The molecule has 0 saturated carbocycles. The average molecular weight is 225 g/mol. The molecule has 2 heteroatoms. The van der Waals surface area contributed by atoms with Crippen molar-refractivity contribution in [2.75, 3.05) is 13.1 Å².